The summed E-state index contributed by atoms with van der Waals surface area (Å²) in [5.74, 6) is 0.978. The standard InChI is InChI=1S/C16H25N3O2S/c1-10-8-22-13(18-10)16(9-17)11-5-6-19(7-12(11)16)14(20)21-15(2,3)4/h8,11-12H,5-7,9,17H2,1-4H3/t11-,12+,16+/m1/s1. The lowest BCUT2D eigenvalue weighted by molar-refractivity contribution is 0.0206. The first-order valence-corrected chi connectivity index (χ1v) is 8.76. The van der Waals surface area contributed by atoms with Crippen LogP contribution in [0.2, 0.25) is 0 Å². The summed E-state index contributed by atoms with van der Waals surface area (Å²) in [7, 11) is 0. The van der Waals surface area contributed by atoms with Gasteiger partial charge in [-0.1, -0.05) is 0 Å². The van der Waals surface area contributed by atoms with Crippen LogP contribution >= 0.6 is 11.3 Å². The van der Waals surface area contributed by atoms with E-state index in [9.17, 15) is 4.79 Å². The molecule has 0 bridgehead atoms. The SMILES string of the molecule is Cc1csc([C@@]2(CN)[C@@H]3CCN(C(=O)OC(C)(C)C)C[C@@H]32)n1. The van der Waals surface area contributed by atoms with Gasteiger partial charge in [0.05, 0.1) is 0 Å². The molecule has 2 heterocycles. The van der Waals surface area contributed by atoms with Gasteiger partial charge in [-0.2, -0.15) is 0 Å². The summed E-state index contributed by atoms with van der Waals surface area (Å²) in [5.41, 5.74) is 6.71. The zero-order chi connectivity index (χ0) is 16.1. The molecule has 1 saturated heterocycles. The Bertz CT molecular complexity index is 580. The Morgan fingerprint density at radius 3 is 2.82 bits per heavy atom. The highest BCUT2D eigenvalue weighted by Gasteiger charge is 2.67. The second-order valence-corrected chi connectivity index (χ2v) is 8.32. The number of aryl methyl sites for hydroxylation is 1. The number of nitrogens with two attached hydrogens (primary N) is 1. The van der Waals surface area contributed by atoms with Crippen LogP contribution in [0.5, 0.6) is 0 Å². The zero-order valence-electron chi connectivity index (χ0n) is 13.8. The maximum atomic E-state index is 12.3. The number of carbonyl (C=O) groups excluding carboxylic acids is 1. The van der Waals surface area contributed by atoms with Crippen LogP contribution in [0.25, 0.3) is 0 Å². The number of piperidine rings is 1. The fourth-order valence-electron chi connectivity index (χ4n) is 3.74. The first kappa shape index (κ1) is 15.7. The average Bonchev–Trinajstić information content (AvgIpc) is 2.89. The smallest absolute Gasteiger partial charge is 0.410 e. The molecule has 1 aromatic rings. The fraction of sp³-hybridized carbons (Fsp3) is 0.750. The predicted molar refractivity (Wildman–Crippen MR) is 87.0 cm³/mol. The summed E-state index contributed by atoms with van der Waals surface area (Å²) >= 11 is 1.70. The minimum Gasteiger partial charge on any atom is -0.444 e. The molecule has 1 amide bonds. The van der Waals surface area contributed by atoms with Gasteiger partial charge in [0.15, 0.2) is 0 Å². The average molecular weight is 323 g/mol. The Balaban J connectivity index is 1.73. The Morgan fingerprint density at radius 1 is 1.55 bits per heavy atom. The molecule has 0 unspecified atom stereocenters. The van der Waals surface area contributed by atoms with E-state index in [4.69, 9.17) is 10.5 Å². The van der Waals surface area contributed by atoms with Gasteiger partial charge in [-0.15, -0.1) is 11.3 Å². The quantitative estimate of drug-likeness (QED) is 0.908. The summed E-state index contributed by atoms with van der Waals surface area (Å²) in [6, 6.07) is 0. The van der Waals surface area contributed by atoms with Crippen molar-refractivity contribution in [3.63, 3.8) is 0 Å². The fourth-order valence-corrected chi connectivity index (χ4v) is 4.88. The van der Waals surface area contributed by atoms with Crippen molar-refractivity contribution in [2.45, 2.75) is 45.1 Å². The second kappa shape index (κ2) is 5.20. The number of ether oxygens (including phenoxy) is 1. The third-order valence-electron chi connectivity index (χ3n) is 4.83. The maximum absolute atomic E-state index is 12.3. The molecule has 122 valence electrons. The summed E-state index contributed by atoms with van der Waals surface area (Å²) in [6.45, 7) is 9.81. The number of hydrogen-bond acceptors (Lipinski definition) is 5. The van der Waals surface area contributed by atoms with Gasteiger partial charge in [0.1, 0.15) is 10.6 Å². The van der Waals surface area contributed by atoms with Gasteiger partial charge in [0.25, 0.3) is 0 Å². The van der Waals surface area contributed by atoms with Crippen molar-refractivity contribution in [3.8, 4) is 0 Å². The third kappa shape index (κ3) is 2.52. The van der Waals surface area contributed by atoms with Crippen molar-refractivity contribution in [2.24, 2.45) is 17.6 Å². The van der Waals surface area contributed by atoms with E-state index in [-0.39, 0.29) is 11.5 Å². The van der Waals surface area contributed by atoms with Crippen LogP contribution in [0.1, 0.15) is 37.9 Å². The molecule has 0 spiro atoms. The van der Waals surface area contributed by atoms with Crippen LogP contribution in [0, 0.1) is 18.8 Å². The van der Waals surface area contributed by atoms with Gasteiger partial charge in [-0.05, 0) is 46.0 Å². The van der Waals surface area contributed by atoms with Gasteiger partial charge < -0.3 is 15.4 Å². The lowest BCUT2D eigenvalue weighted by Gasteiger charge is -2.29. The number of aromatic nitrogens is 1. The van der Waals surface area contributed by atoms with Crippen LogP contribution in [0.15, 0.2) is 5.38 Å². The normalized spacial score (nSPS) is 30.9. The summed E-state index contributed by atoms with van der Waals surface area (Å²) in [5, 5.41) is 3.23. The topological polar surface area (TPSA) is 68.5 Å². The molecule has 2 aliphatic rings. The Morgan fingerprint density at radius 2 is 2.27 bits per heavy atom. The van der Waals surface area contributed by atoms with Crippen molar-refractivity contribution in [1.82, 2.24) is 9.88 Å². The Hall–Kier alpha value is -1.14. The molecule has 2 fully saturated rings. The highest BCUT2D eigenvalue weighted by molar-refractivity contribution is 7.09. The highest BCUT2D eigenvalue weighted by atomic mass is 32.1. The minimum atomic E-state index is -0.450. The predicted octanol–water partition coefficient (Wildman–Crippen LogP) is 2.53. The van der Waals surface area contributed by atoms with E-state index in [2.05, 4.69) is 10.4 Å². The molecule has 5 nitrogen and oxygen atoms in total. The van der Waals surface area contributed by atoms with Gasteiger partial charge in [0, 0.05) is 36.1 Å². The molecule has 1 aromatic heterocycles. The van der Waals surface area contributed by atoms with Gasteiger partial charge >= 0.3 is 6.09 Å². The molecule has 0 radical (unpaired) electrons. The van der Waals surface area contributed by atoms with E-state index in [1.54, 1.807) is 11.3 Å². The number of rotatable bonds is 2. The number of amides is 1. The Labute approximate surface area is 135 Å². The molecule has 1 aliphatic carbocycles. The van der Waals surface area contributed by atoms with Crippen molar-refractivity contribution in [2.75, 3.05) is 19.6 Å². The number of nitrogens with zero attached hydrogens (tertiary/aromatic N) is 2. The van der Waals surface area contributed by atoms with E-state index < -0.39 is 5.60 Å². The summed E-state index contributed by atoms with van der Waals surface area (Å²) < 4.78 is 5.50. The lowest BCUT2D eigenvalue weighted by atomic mass is 10.0. The van der Waals surface area contributed by atoms with Gasteiger partial charge in [-0.3, -0.25) is 0 Å². The third-order valence-corrected chi connectivity index (χ3v) is 5.99. The second-order valence-electron chi connectivity index (χ2n) is 7.47. The van der Waals surface area contributed by atoms with Crippen LogP contribution in [0.3, 0.4) is 0 Å². The van der Waals surface area contributed by atoms with Crippen molar-refractivity contribution >= 4 is 17.4 Å². The van der Waals surface area contributed by atoms with E-state index >= 15 is 0 Å². The van der Waals surface area contributed by atoms with Gasteiger partial charge in [-0.25, -0.2) is 9.78 Å². The van der Waals surface area contributed by atoms with Crippen molar-refractivity contribution in [1.29, 1.82) is 0 Å². The molecule has 6 heteroatoms. The van der Waals surface area contributed by atoms with Crippen LogP contribution in [0.4, 0.5) is 4.79 Å². The lowest BCUT2D eigenvalue weighted by Crippen LogP contribution is -2.40. The van der Waals surface area contributed by atoms with Crippen LogP contribution < -0.4 is 5.73 Å². The minimum absolute atomic E-state index is 0.0182. The molecular weight excluding hydrogens is 298 g/mol. The number of thiazole rings is 1. The van der Waals surface area contributed by atoms with Crippen molar-refractivity contribution in [3.05, 3.63) is 16.1 Å². The first-order chi connectivity index (χ1) is 10.3. The summed E-state index contributed by atoms with van der Waals surface area (Å²) in [4.78, 5) is 18.8. The zero-order valence-corrected chi connectivity index (χ0v) is 14.6. The highest BCUT2D eigenvalue weighted by Crippen LogP contribution is 2.63. The molecule has 1 saturated carbocycles. The molecular formula is C16H25N3O2S. The van der Waals surface area contributed by atoms with Gasteiger partial charge in [0.2, 0.25) is 0 Å². The maximum Gasteiger partial charge on any atom is 0.410 e. The van der Waals surface area contributed by atoms with Crippen LogP contribution in [-0.2, 0) is 10.2 Å². The number of carbonyl (C=O) groups is 1. The largest absolute Gasteiger partial charge is 0.444 e. The first-order valence-electron chi connectivity index (χ1n) is 7.88. The monoisotopic (exact) mass is 323 g/mol. The van der Waals surface area contributed by atoms with Crippen LogP contribution in [-0.4, -0.2) is 41.2 Å². The van der Waals surface area contributed by atoms with E-state index in [1.807, 2.05) is 32.6 Å². The number of hydrogen-bond donors (Lipinski definition) is 1. The van der Waals surface area contributed by atoms with E-state index in [0.29, 0.717) is 18.4 Å². The molecule has 0 aromatic carbocycles. The number of fused-ring (bicyclic) bond motifs is 1. The molecule has 3 rings (SSSR count). The molecule has 1 aliphatic heterocycles. The molecule has 3 atom stereocenters. The van der Waals surface area contributed by atoms with E-state index in [1.165, 1.54) is 0 Å². The van der Waals surface area contributed by atoms with Crippen molar-refractivity contribution < 1.29 is 9.53 Å². The molecule has 22 heavy (non-hydrogen) atoms. The molecule has 2 N–H and O–H groups in total. The van der Waals surface area contributed by atoms with E-state index in [0.717, 1.165) is 30.2 Å². The summed E-state index contributed by atoms with van der Waals surface area (Å²) in [6.07, 6.45) is 0.777. The number of likely N-dealkylation sites (tertiary alicyclic amines) is 1. The Kier molecular flexibility index (Phi) is 3.72.